The van der Waals surface area contributed by atoms with Gasteiger partial charge in [-0.15, -0.1) is 0 Å². The molecule has 8 nitrogen and oxygen atoms in total. The van der Waals surface area contributed by atoms with Crippen LogP contribution in [0.25, 0.3) is 0 Å². The van der Waals surface area contributed by atoms with E-state index in [4.69, 9.17) is 30.5 Å². The maximum atomic E-state index is 12.6. The number of methoxy groups -OCH3 is 1. The van der Waals surface area contributed by atoms with E-state index in [-0.39, 0.29) is 12.4 Å². The number of unbranched alkanes of at least 4 members (excludes halogenated alkanes) is 1. The summed E-state index contributed by atoms with van der Waals surface area (Å²) in [5, 5.41) is 4.49. The van der Waals surface area contributed by atoms with Crippen LogP contribution in [0.3, 0.4) is 0 Å². The third kappa shape index (κ3) is 8.32. The number of benzene rings is 3. The van der Waals surface area contributed by atoms with Gasteiger partial charge in [-0.2, -0.15) is 5.10 Å². The molecule has 0 spiro atoms. The number of carbonyl (C=O) groups excluding carboxylic acids is 2. The van der Waals surface area contributed by atoms with Crippen molar-refractivity contribution < 1.29 is 28.5 Å². The summed E-state index contributed by atoms with van der Waals surface area (Å²) >= 11 is 5.82. The highest BCUT2D eigenvalue weighted by atomic mass is 35.5. The van der Waals surface area contributed by atoms with E-state index in [0.29, 0.717) is 40.0 Å². The quantitative estimate of drug-likeness (QED) is 0.117. The standard InChI is InChI=1S/C27H27ClN2O6/c1-3-4-15-34-22-10-6-20(7-11-22)27(32)36-24-14-5-19(16-25(24)33-2)17-29-30-26(31)18-35-23-12-8-21(28)9-13-23/h5-14,16-17H,3-4,15,18H2,1-2H3,(H,30,31)/b29-17+. The number of amides is 1. The summed E-state index contributed by atoms with van der Waals surface area (Å²) < 4.78 is 21.8. The molecule has 1 N–H and O–H groups in total. The number of rotatable bonds is 12. The van der Waals surface area contributed by atoms with Gasteiger partial charge in [0.1, 0.15) is 11.5 Å². The van der Waals surface area contributed by atoms with Gasteiger partial charge in [0.2, 0.25) is 0 Å². The van der Waals surface area contributed by atoms with Gasteiger partial charge in [0.25, 0.3) is 5.91 Å². The number of halogens is 1. The SMILES string of the molecule is CCCCOc1ccc(C(=O)Oc2ccc(/C=N/NC(=O)COc3ccc(Cl)cc3)cc2OC)cc1. The van der Waals surface area contributed by atoms with Crippen LogP contribution in [0, 0.1) is 0 Å². The Morgan fingerprint density at radius 3 is 2.33 bits per heavy atom. The van der Waals surface area contributed by atoms with Crippen LogP contribution in [0.5, 0.6) is 23.0 Å². The Balaban J connectivity index is 1.52. The van der Waals surface area contributed by atoms with Crippen LogP contribution in [0.1, 0.15) is 35.7 Å². The second-order valence-electron chi connectivity index (χ2n) is 7.56. The van der Waals surface area contributed by atoms with Gasteiger partial charge in [-0.25, -0.2) is 10.2 Å². The molecule has 0 saturated carbocycles. The number of nitrogens with zero attached hydrogens (tertiary/aromatic N) is 1. The van der Waals surface area contributed by atoms with Gasteiger partial charge in [0.15, 0.2) is 18.1 Å². The van der Waals surface area contributed by atoms with E-state index in [1.807, 2.05) is 0 Å². The molecule has 0 aliphatic carbocycles. The highest BCUT2D eigenvalue weighted by Gasteiger charge is 2.13. The summed E-state index contributed by atoms with van der Waals surface area (Å²) in [6, 6.07) is 18.3. The van der Waals surface area contributed by atoms with E-state index in [2.05, 4.69) is 17.5 Å². The van der Waals surface area contributed by atoms with Crippen molar-refractivity contribution in [3.05, 3.63) is 82.9 Å². The number of ether oxygens (including phenoxy) is 4. The minimum atomic E-state index is -0.525. The summed E-state index contributed by atoms with van der Waals surface area (Å²) in [4.78, 5) is 24.5. The molecule has 0 bridgehead atoms. The van der Waals surface area contributed by atoms with Gasteiger partial charge in [-0.1, -0.05) is 24.9 Å². The smallest absolute Gasteiger partial charge is 0.343 e. The zero-order chi connectivity index (χ0) is 25.8. The molecule has 3 rings (SSSR count). The highest BCUT2D eigenvalue weighted by Crippen LogP contribution is 2.28. The first-order valence-corrected chi connectivity index (χ1v) is 11.7. The van der Waals surface area contributed by atoms with Gasteiger partial charge in [0, 0.05) is 5.02 Å². The van der Waals surface area contributed by atoms with Crippen molar-refractivity contribution in [1.29, 1.82) is 0 Å². The van der Waals surface area contributed by atoms with Crippen LogP contribution in [-0.2, 0) is 4.79 Å². The maximum absolute atomic E-state index is 12.6. The Hall–Kier alpha value is -4.04. The van der Waals surface area contributed by atoms with Gasteiger partial charge in [0.05, 0.1) is 25.5 Å². The van der Waals surface area contributed by atoms with E-state index in [9.17, 15) is 9.59 Å². The van der Waals surface area contributed by atoms with Crippen molar-refractivity contribution in [2.75, 3.05) is 20.3 Å². The van der Waals surface area contributed by atoms with Crippen molar-refractivity contribution in [1.82, 2.24) is 5.43 Å². The van der Waals surface area contributed by atoms with Crippen LogP contribution in [-0.4, -0.2) is 38.4 Å². The summed E-state index contributed by atoms with van der Waals surface area (Å²) in [5.74, 6) is 0.852. The Labute approximate surface area is 214 Å². The van der Waals surface area contributed by atoms with Crippen LogP contribution >= 0.6 is 11.6 Å². The van der Waals surface area contributed by atoms with E-state index >= 15 is 0 Å². The van der Waals surface area contributed by atoms with Gasteiger partial charge in [-0.3, -0.25) is 4.79 Å². The molecule has 0 saturated heterocycles. The Kier molecular flexibility index (Phi) is 10.1. The number of nitrogens with one attached hydrogen (secondary N) is 1. The van der Waals surface area contributed by atoms with Crippen molar-refractivity contribution in [2.24, 2.45) is 5.10 Å². The minimum absolute atomic E-state index is 0.205. The molecule has 0 aliphatic heterocycles. The summed E-state index contributed by atoms with van der Waals surface area (Å²) in [5.41, 5.74) is 3.39. The fraction of sp³-hybridized carbons (Fsp3) is 0.222. The maximum Gasteiger partial charge on any atom is 0.343 e. The molecule has 0 atom stereocenters. The van der Waals surface area contributed by atoms with Crippen LogP contribution in [0.2, 0.25) is 5.02 Å². The lowest BCUT2D eigenvalue weighted by molar-refractivity contribution is -0.123. The first kappa shape index (κ1) is 26.6. The number of hydrazone groups is 1. The van der Waals surface area contributed by atoms with Gasteiger partial charge < -0.3 is 18.9 Å². The zero-order valence-electron chi connectivity index (χ0n) is 20.0. The number of esters is 1. The second-order valence-corrected chi connectivity index (χ2v) is 8.00. The molecule has 3 aromatic rings. The largest absolute Gasteiger partial charge is 0.494 e. The molecule has 1 amide bonds. The third-order valence-electron chi connectivity index (χ3n) is 4.83. The van der Waals surface area contributed by atoms with Gasteiger partial charge in [-0.05, 0) is 78.7 Å². The fourth-order valence-corrected chi connectivity index (χ4v) is 3.05. The number of hydrogen-bond acceptors (Lipinski definition) is 7. The zero-order valence-corrected chi connectivity index (χ0v) is 20.8. The van der Waals surface area contributed by atoms with E-state index in [1.54, 1.807) is 66.7 Å². The number of carbonyl (C=O) groups is 2. The predicted molar refractivity (Wildman–Crippen MR) is 137 cm³/mol. The van der Waals surface area contributed by atoms with E-state index < -0.39 is 11.9 Å². The van der Waals surface area contributed by atoms with E-state index in [1.165, 1.54) is 13.3 Å². The molecule has 0 aromatic heterocycles. The summed E-state index contributed by atoms with van der Waals surface area (Å²) in [6.07, 6.45) is 3.45. The fourth-order valence-electron chi connectivity index (χ4n) is 2.92. The first-order valence-electron chi connectivity index (χ1n) is 11.3. The molecule has 36 heavy (non-hydrogen) atoms. The molecule has 0 unspecified atom stereocenters. The second kappa shape index (κ2) is 13.7. The molecular formula is C27H27ClN2O6. The molecule has 3 aromatic carbocycles. The Morgan fingerprint density at radius 2 is 1.64 bits per heavy atom. The summed E-state index contributed by atoms with van der Waals surface area (Å²) in [7, 11) is 1.46. The molecule has 0 radical (unpaired) electrons. The average molecular weight is 511 g/mol. The highest BCUT2D eigenvalue weighted by molar-refractivity contribution is 6.30. The summed E-state index contributed by atoms with van der Waals surface area (Å²) in [6.45, 7) is 2.52. The monoisotopic (exact) mass is 510 g/mol. The third-order valence-corrected chi connectivity index (χ3v) is 5.09. The van der Waals surface area contributed by atoms with Crippen molar-refractivity contribution in [3.8, 4) is 23.0 Å². The van der Waals surface area contributed by atoms with Crippen molar-refractivity contribution in [2.45, 2.75) is 19.8 Å². The number of hydrogen-bond donors (Lipinski definition) is 1. The molecule has 0 heterocycles. The molecule has 188 valence electrons. The topological polar surface area (TPSA) is 95.5 Å². The van der Waals surface area contributed by atoms with Crippen LogP contribution in [0.4, 0.5) is 0 Å². The van der Waals surface area contributed by atoms with E-state index in [0.717, 1.165) is 12.8 Å². The molecule has 0 fully saturated rings. The molecule has 9 heteroatoms. The van der Waals surface area contributed by atoms with Gasteiger partial charge >= 0.3 is 5.97 Å². The average Bonchev–Trinajstić information content (AvgIpc) is 2.89. The Morgan fingerprint density at radius 1 is 0.944 bits per heavy atom. The molecular weight excluding hydrogens is 484 g/mol. The van der Waals surface area contributed by atoms with Crippen molar-refractivity contribution >= 4 is 29.7 Å². The lowest BCUT2D eigenvalue weighted by atomic mass is 10.2. The lowest BCUT2D eigenvalue weighted by Crippen LogP contribution is -2.24. The Bertz CT molecular complexity index is 1180. The lowest BCUT2D eigenvalue weighted by Gasteiger charge is -2.10. The minimum Gasteiger partial charge on any atom is -0.494 e. The predicted octanol–water partition coefficient (Wildman–Crippen LogP) is 5.28. The molecule has 0 aliphatic rings. The first-order chi connectivity index (χ1) is 17.5. The van der Waals surface area contributed by atoms with Crippen molar-refractivity contribution in [3.63, 3.8) is 0 Å². The van der Waals surface area contributed by atoms with Crippen LogP contribution in [0.15, 0.2) is 71.8 Å². The normalized spacial score (nSPS) is 10.6. The van der Waals surface area contributed by atoms with Crippen LogP contribution < -0.4 is 24.4 Å².